The molecule has 0 spiro atoms. The van der Waals surface area contributed by atoms with Crippen LogP contribution in [0.1, 0.15) is 43.0 Å². The molecule has 0 unspecified atom stereocenters. The van der Waals surface area contributed by atoms with Crippen LogP contribution in [0.3, 0.4) is 0 Å². The second kappa shape index (κ2) is 10.6. The van der Waals surface area contributed by atoms with Crippen LogP contribution in [-0.2, 0) is 9.53 Å². The van der Waals surface area contributed by atoms with E-state index in [1.54, 1.807) is 30.6 Å². The number of carbonyl (C=O) groups is 2. The van der Waals surface area contributed by atoms with Crippen molar-refractivity contribution < 1.29 is 19.1 Å². The van der Waals surface area contributed by atoms with Crippen molar-refractivity contribution in [3.63, 3.8) is 0 Å². The predicted molar refractivity (Wildman–Crippen MR) is 130 cm³/mol. The maximum atomic E-state index is 13.2. The van der Waals surface area contributed by atoms with Gasteiger partial charge in [-0.2, -0.15) is 0 Å². The van der Waals surface area contributed by atoms with E-state index in [-0.39, 0.29) is 30.5 Å². The third-order valence-corrected chi connectivity index (χ3v) is 6.07. The molecule has 2 heterocycles. The number of benzene rings is 1. The lowest BCUT2D eigenvalue weighted by Gasteiger charge is -2.26. The van der Waals surface area contributed by atoms with Gasteiger partial charge in [-0.1, -0.05) is 0 Å². The zero-order valence-electron chi connectivity index (χ0n) is 19.5. The Morgan fingerprint density at radius 1 is 1.15 bits per heavy atom. The largest absolute Gasteiger partial charge is 0.497 e. The molecule has 9 nitrogen and oxygen atoms in total. The number of rotatable bonds is 8. The Hall–Kier alpha value is -3.59. The molecule has 1 aliphatic rings. The first-order valence-corrected chi connectivity index (χ1v) is 11.6. The van der Waals surface area contributed by atoms with Gasteiger partial charge in [-0.05, 0) is 69.0 Å². The number of esters is 1. The van der Waals surface area contributed by atoms with E-state index < -0.39 is 0 Å². The van der Waals surface area contributed by atoms with Gasteiger partial charge in [0.2, 0.25) is 0 Å². The number of hydrogen-bond acceptors (Lipinski definition) is 7. The monoisotopic (exact) mass is 465 g/mol. The highest BCUT2D eigenvalue weighted by atomic mass is 16.5. The Morgan fingerprint density at radius 3 is 2.56 bits per heavy atom. The minimum absolute atomic E-state index is 0.0243. The molecule has 2 aromatic heterocycles. The SMILES string of the molecule is CCOC(=O)CNc1c(-c2ccc(OC)cc2)nc2c(C(=O)NC3CCC(N)CC3)cccn12. The Balaban J connectivity index is 1.69. The average Bonchev–Trinajstić information content (AvgIpc) is 3.23. The minimum atomic E-state index is -0.373. The minimum Gasteiger partial charge on any atom is -0.497 e. The van der Waals surface area contributed by atoms with E-state index in [9.17, 15) is 9.59 Å². The van der Waals surface area contributed by atoms with Crippen molar-refractivity contribution in [2.75, 3.05) is 25.6 Å². The summed E-state index contributed by atoms with van der Waals surface area (Å²) in [6.07, 6.45) is 5.37. The van der Waals surface area contributed by atoms with Gasteiger partial charge < -0.3 is 25.8 Å². The Morgan fingerprint density at radius 2 is 1.88 bits per heavy atom. The normalized spacial score (nSPS) is 17.9. The lowest BCUT2D eigenvalue weighted by molar-refractivity contribution is -0.140. The van der Waals surface area contributed by atoms with Crippen molar-refractivity contribution in [1.82, 2.24) is 14.7 Å². The second-order valence-corrected chi connectivity index (χ2v) is 8.40. The summed E-state index contributed by atoms with van der Waals surface area (Å²) in [7, 11) is 1.61. The summed E-state index contributed by atoms with van der Waals surface area (Å²) < 4.78 is 12.1. The number of aromatic nitrogens is 2. The lowest BCUT2D eigenvalue weighted by Crippen LogP contribution is -2.40. The molecule has 1 amide bonds. The number of fused-ring (bicyclic) bond motifs is 1. The van der Waals surface area contributed by atoms with Gasteiger partial charge in [-0.25, -0.2) is 4.98 Å². The Labute approximate surface area is 198 Å². The van der Waals surface area contributed by atoms with Gasteiger partial charge >= 0.3 is 5.97 Å². The van der Waals surface area contributed by atoms with Crippen LogP contribution in [0.5, 0.6) is 5.75 Å². The number of carbonyl (C=O) groups excluding carboxylic acids is 2. The summed E-state index contributed by atoms with van der Waals surface area (Å²) in [5.74, 6) is 0.782. The first-order valence-electron chi connectivity index (χ1n) is 11.6. The van der Waals surface area contributed by atoms with Gasteiger partial charge in [-0.15, -0.1) is 0 Å². The fourth-order valence-corrected chi connectivity index (χ4v) is 4.26. The molecule has 4 rings (SSSR count). The molecule has 4 N–H and O–H groups in total. The summed E-state index contributed by atoms with van der Waals surface area (Å²) in [6, 6.07) is 11.3. The number of amides is 1. The zero-order chi connectivity index (χ0) is 24.1. The Kier molecular flexibility index (Phi) is 7.32. The molecule has 0 radical (unpaired) electrons. The quantitative estimate of drug-likeness (QED) is 0.438. The van der Waals surface area contributed by atoms with Crippen molar-refractivity contribution in [3.05, 3.63) is 48.2 Å². The van der Waals surface area contributed by atoms with Crippen LogP contribution in [0.25, 0.3) is 16.9 Å². The fraction of sp³-hybridized carbons (Fsp3) is 0.400. The third kappa shape index (κ3) is 5.14. The first kappa shape index (κ1) is 23.6. The van der Waals surface area contributed by atoms with Crippen LogP contribution in [0.15, 0.2) is 42.6 Å². The third-order valence-electron chi connectivity index (χ3n) is 6.07. The number of ether oxygens (including phenoxy) is 2. The molecule has 0 aliphatic heterocycles. The molecule has 1 aromatic carbocycles. The zero-order valence-corrected chi connectivity index (χ0v) is 19.5. The number of hydrogen-bond donors (Lipinski definition) is 3. The van der Waals surface area contributed by atoms with Crippen LogP contribution in [0.4, 0.5) is 5.82 Å². The molecule has 180 valence electrons. The summed E-state index contributed by atoms with van der Waals surface area (Å²) >= 11 is 0. The molecule has 0 atom stereocenters. The van der Waals surface area contributed by atoms with E-state index in [0.717, 1.165) is 37.0 Å². The highest BCUT2D eigenvalue weighted by Crippen LogP contribution is 2.31. The van der Waals surface area contributed by atoms with Gasteiger partial charge in [-0.3, -0.25) is 14.0 Å². The van der Waals surface area contributed by atoms with Crippen molar-refractivity contribution in [2.45, 2.75) is 44.7 Å². The highest BCUT2D eigenvalue weighted by Gasteiger charge is 2.24. The van der Waals surface area contributed by atoms with E-state index in [1.165, 1.54) is 0 Å². The van der Waals surface area contributed by atoms with Gasteiger partial charge in [0.1, 0.15) is 23.8 Å². The van der Waals surface area contributed by atoms with Crippen molar-refractivity contribution >= 4 is 23.3 Å². The first-order chi connectivity index (χ1) is 16.5. The van der Waals surface area contributed by atoms with Crippen molar-refractivity contribution in [2.24, 2.45) is 5.73 Å². The second-order valence-electron chi connectivity index (χ2n) is 8.40. The topological polar surface area (TPSA) is 120 Å². The van der Waals surface area contributed by atoms with Crippen LogP contribution < -0.4 is 21.1 Å². The maximum absolute atomic E-state index is 13.2. The number of nitrogens with zero attached hydrogens (tertiary/aromatic N) is 2. The molecule has 0 bridgehead atoms. The van der Waals surface area contributed by atoms with Gasteiger partial charge in [0.15, 0.2) is 5.65 Å². The van der Waals surface area contributed by atoms with Gasteiger partial charge in [0.05, 0.1) is 19.3 Å². The summed E-state index contributed by atoms with van der Waals surface area (Å²) in [4.78, 5) is 30.0. The number of nitrogens with one attached hydrogen (secondary N) is 2. The Bertz CT molecular complexity index is 1150. The van der Waals surface area contributed by atoms with E-state index in [0.29, 0.717) is 29.3 Å². The van der Waals surface area contributed by atoms with E-state index in [4.69, 9.17) is 20.2 Å². The number of anilines is 1. The number of pyridine rings is 1. The van der Waals surface area contributed by atoms with Crippen molar-refractivity contribution in [1.29, 1.82) is 0 Å². The van der Waals surface area contributed by atoms with Crippen molar-refractivity contribution in [3.8, 4) is 17.0 Å². The summed E-state index contributed by atoms with van der Waals surface area (Å²) in [5.41, 5.74) is 8.42. The molecule has 1 saturated carbocycles. The smallest absolute Gasteiger partial charge is 0.325 e. The number of nitrogens with two attached hydrogens (primary N) is 1. The molecule has 9 heteroatoms. The van der Waals surface area contributed by atoms with Gasteiger partial charge in [0, 0.05) is 23.8 Å². The molecule has 1 aliphatic carbocycles. The standard InChI is InChI=1S/C25H31N5O4/c1-3-34-21(31)15-27-24-22(16-6-12-19(33-2)13-7-16)29-23-20(5-4-14-30(23)24)25(32)28-18-10-8-17(26)9-11-18/h4-7,12-14,17-18,27H,3,8-11,15,26H2,1-2H3,(H,28,32). The highest BCUT2D eigenvalue weighted by molar-refractivity contribution is 6.01. The summed E-state index contributed by atoms with van der Waals surface area (Å²) in [5, 5.41) is 6.29. The van der Waals surface area contributed by atoms with E-state index in [1.807, 2.05) is 30.5 Å². The van der Waals surface area contributed by atoms with E-state index >= 15 is 0 Å². The lowest BCUT2D eigenvalue weighted by atomic mass is 9.91. The predicted octanol–water partition coefficient (Wildman–Crippen LogP) is 2.98. The number of imidazole rings is 1. The molecule has 1 fully saturated rings. The molecule has 0 saturated heterocycles. The van der Waals surface area contributed by atoms with Crippen LogP contribution in [0, 0.1) is 0 Å². The fourth-order valence-electron chi connectivity index (χ4n) is 4.26. The summed E-state index contributed by atoms with van der Waals surface area (Å²) in [6.45, 7) is 2.04. The molecular formula is C25H31N5O4. The van der Waals surface area contributed by atoms with Crippen LogP contribution >= 0.6 is 0 Å². The molecule has 3 aromatic rings. The average molecular weight is 466 g/mol. The molecule has 34 heavy (non-hydrogen) atoms. The number of methoxy groups -OCH3 is 1. The van der Waals surface area contributed by atoms with E-state index in [2.05, 4.69) is 10.6 Å². The van der Waals surface area contributed by atoms with Crippen LogP contribution in [0.2, 0.25) is 0 Å². The molecular weight excluding hydrogens is 434 g/mol. The van der Waals surface area contributed by atoms with Gasteiger partial charge in [0.25, 0.3) is 5.91 Å². The van der Waals surface area contributed by atoms with Crippen LogP contribution in [-0.4, -0.2) is 53.6 Å². The maximum Gasteiger partial charge on any atom is 0.325 e.